The Bertz CT molecular complexity index is 843. The summed E-state index contributed by atoms with van der Waals surface area (Å²) in [7, 11) is 0. The molecule has 0 atom stereocenters. The number of carbonyl (C=O) groups is 2. The number of thiophene rings is 1. The Morgan fingerprint density at radius 1 is 0.957 bits per heavy atom. The van der Waals surface area contributed by atoms with Crippen molar-refractivity contribution in [1.82, 2.24) is 10.9 Å². The van der Waals surface area contributed by atoms with E-state index in [1.54, 1.807) is 35.7 Å². The van der Waals surface area contributed by atoms with Gasteiger partial charge in [0.05, 0.1) is 9.90 Å². The minimum absolute atomic E-state index is 0.0754. The maximum absolute atomic E-state index is 12.0. The molecule has 2 aromatic heterocycles. The number of carbonyl (C=O) groups excluding carboxylic acids is 2. The number of halogens is 1. The Hall–Kier alpha value is -2.57. The van der Waals surface area contributed by atoms with Crippen molar-refractivity contribution >= 4 is 34.8 Å². The third kappa shape index (κ3) is 3.44. The molecule has 0 spiro atoms. The minimum Gasteiger partial charge on any atom is -0.451 e. The quantitative estimate of drug-likeness (QED) is 0.710. The fourth-order valence-electron chi connectivity index (χ4n) is 1.91. The Morgan fingerprint density at radius 3 is 2.48 bits per heavy atom. The third-order valence-electron chi connectivity index (χ3n) is 3.00. The number of benzene rings is 1. The Morgan fingerprint density at radius 2 is 1.74 bits per heavy atom. The molecule has 0 fully saturated rings. The Labute approximate surface area is 140 Å². The van der Waals surface area contributed by atoms with Crippen LogP contribution in [-0.2, 0) is 0 Å². The lowest BCUT2D eigenvalue weighted by Crippen LogP contribution is -2.41. The van der Waals surface area contributed by atoms with E-state index in [1.807, 2.05) is 12.1 Å². The van der Waals surface area contributed by atoms with Gasteiger partial charge in [-0.1, -0.05) is 29.8 Å². The number of amides is 2. The molecule has 7 heteroatoms. The monoisotopic (exact) mass is 346 g/mol. The zero-order valence-electron chi connectivity index (χ0n) is 11.7. The average Bonchev–Trinajstić information content (AvgIpc) is 3.24. The molecule has 5 nitrogen and oxygen atoms in total. The summed E-state index contributed by atoms with van der Waals surface area (Å²) in [5.74, 6) is -0.379. The van der Waals surface area contributed by atoms with Gasteiger partial charge in [0.1, 0.15) is 5.76 Å². The summed E-state index contributed by atoms with van der Waals surface area (Å²) in [6, 6.07) is 13.7. The van der Waals surface area contributed by atoms with Crippen LogP contribution >= 0.6 is 22.9 Å². The predicted molar refractivity (Wildman–Crippen MR) is 88.4 cm³/mol. The molecule has 1 aromatic carbocycles. The van der Waals surface area contributed by atoms with E-state index in [4.69, 9.17) is 16.0 Å². The maximum Gasteiger partial charge on any atom is 0.305 e. The van der Waals surface area contributed by atoms with Crippen LogP contribution < -0.4 is 10.9 Å². The molecular weight excluding hydrogens is 336 g/mol. The smallest absolute Gasteiger partial charge is 0.305 e. The molecule has 0 saturated heterocycles. The van der Waals surface area contributed by atoms with Gasteiger partial charge in [0.2, 0.25) is 0 Å². The van der Waals surface area contributed by atoms with Crippen molar-refractivity contribution in [1.29, 1.82) is 0 Å². The molecule has 0 unspecified atom stereocenters. The van der Waals surface area contributed by atoms with E-state index in [1.165, 1.54) is 17.4 Å². The molecule has 116 valence electrons. The first kappa shape index (κ1) is 15.3. The molecule has 2 N–H and O–H groups in total. The second-order valence-electron chi connectivity index (χ2n) is 4.53. The predicted octanol–water partition coefficient (Wildman–Crippen LogP) is 3.74. The standard InChI is InChI=1S/C16H11ClN2O3S/c17-11-5-2-1-4-10(11)12-7-8-13(22-12)15(20)18-19-16(21)14-6-3-9-23-14/h1-9H,(H,18,20)(H,19,21). The van der Waals surface area contributed by atoms with Gasteiger partial charge in [0.15, 0.2) is 5.76 Å². The first-order chi connectivity index (χ1) is 11.1. The average molecular weight is 347 g/mol. The number of hydrazine groups is 1. The summed E-state index contributed by atoms with van der Waals surface area (Å²) in [5, 5.41) is 2.30. The molecule has 3 aromatic rings. The van der Waals surface area contributed by atoms with Crippen LogP contribution in [0.2, 0.25) is 5.02 Å². The normalized spacial score (nSPS) is 10.3. The lowest BCUT2D eigenvalue weighted by Gasteiger charge is -2.04. The minimum atomic E-state index is -0.548. The van der Waals surface area contributed by atoms with E-state index < -0.39 is 5.91 Å². The highest BCUT2D eigenvalue weighted by atomic mass is 35.5. The first-order valence-electron chi connectivity index (χ1n) is 6.64. The van der Waals surface area contributed by atoms with Gasteiger partial charge in [-0.05, 0) is 35.7 Å². The summed E-state index contributed by atoms with van der Waals surface area (Å²) < 4.78 is 5.49. The molecule has 0 aliphatic heterocycles. The van der Waals surface area contributed by atoms with Gasteiger partial charge in [-0.25, -0.2) is 0 Å². The molecule has 0 aliphatic carbocycles. The highest BCUT2D eigenvalue weighted by Crippen LogP contribution is 2.28. The maximum atomic E-state index is 12.0. The van der Waals surface area contributed by atoms with E-state index in [-0.39, 0.29) is 11.7 Å². The number of furan rings is 1. The lowest BCUT2D eigenvalue weighted by atomic mass is 10.2. The van der Waals surface area contributed by atoms with E-state index in [0.717, 1.165) is 0 Å². The van der Waals surface area contributed by atoms with Crippen LogP contribution in [0, 0.1) is 0 Å². The zero-order valence-corrected chi connectivity index (χ0v) is 13.3. The molecule has 23 heavy (non-hydrogen) atoms. The van der Waals surface area contributed by atoms with Crippen LogP contribution in [0.4, 0.5) is 0 Å². The highest BCUT2D eigenvalue weighted by molar-refractivity contribution is 7.12. The largest absolute Gasteiger partial charge is 0.451 e. The zero-order chi connectivity index (χ0) is 16.2. The summed E-state index contributed by atoms with van der Waals surface area (Å²) in [5.41, 5.74) is 5.33. The van der Waals surface area contributed by atoms with Gasteiger partial charge in [-0.3, -0.25) is 20.4 Å². The summed E-state index contributed by atoms with van der Waals surface area (Å²) in [6.45, 7) is 0. The Kier molecular flexibility index (Phi) is 4.45. The van der Waals surface area contributed by atoms with Crippen LogP contribution in [-0.4, -0.2) is 11.8 Å². The first-order valence-corrected chi connectivity index (χ1v) is 7.90. The van der Waals surface area contributed by atoms with Crippen LogP contribution in [0.5, 0.6) is 0 Å². The number of rotatable bonds is 3. The SMILES string of the molecule is O=C(NNC(=O)c1cccs1)c1ccc(-c2ccccc2Cl)o1. The van der Waals surface area contributed by atoms with Crippen molar-refractivity contribution in [3.63, 3.8) is 0 Å². The Balaban J connectivity index is 1.67. The lowest BCUT2D eigenvalue weighted by molar-refractivity contribution is 0.0833. The van der Waals surface area contributed by atoms with Gasteiger partial charge >= 0.3 is 5.91 Å². The van der Waals surface area contributed by atoms with Gasteiger partial charge < -0.3 is 4.42 Å². The van der Waals surface area contributed by atoms with Crippen molar-refractivity contribution in [2.75, 3.05) is 0 Å². The topological polar surface area (TPSA) is 71.3 Å². The van der Waals surface area contributed by atoms with E-state index >= 15 is 0 Å². The van der Waals surface area contributed by atoms with Crippen molar-refractivity contribution in [2.45, 2.75) is 0 Å². The van der Waals surface area contributed by atoms with Gasteiger partial charge in [-0.2, -0.15) is 0 Å². The molecule has 2 heterocycles. The molecule has 2 amide bonds. The third-order valence-corrected chi connectivity index (χ3v) is 4.20. The molecule has 3 rings (SSSR count). The van der Waals surface area contributed by atoms with Gasteiger partial charge in [0, 0.05) is 5.56 Å². The summed E-state index contributed by atoms with van der Waals surface area (Å²) in [4.78, 5) is 24.2. The second kappa shape index (κ2) is 6.68. The number of hydrogen-bond acceptors (Lipinski definition) is 4. The van der Waals surface area contributed by atoms with E-state index in [0.29, 0.717) is 21.2 Å². The fraction of sp³-hybridized carbons (Fsp3) is 0. The van der Waals surface area contributed by atoms with Crippen LogP contribution in [0.25, 0.3) is 11.3 Å². The molecular formula is C16H11ClN2O3S. The van der Waals surface area contributed by atoms with Crippen molar-refractivity contribution < 1.29 is 14.0 Å². The van der Waals surface area contributed by atoms with Crippen LogP contribution in [0.15, 0.2) is 58.3 Å². The summed E-state index contributed by atoms with van der Waals surface area (Å²) >= 11 is 7.37. The number of nitrogens with one attached hydrogen (secondary N) is 2. The summed E-state index contributed by atoms with van der Waals surface area (Å²) in [6.07, 6.45) is 0. The number of hydrogen-bond donors (Lipinski definition) is 2. The molecule has 0 aliphatic rings. The second-order valence-corrected chi connectivity index (χ2v) is 5.88. The van der Waals surface area contributed by atoms with Gasteiger partial charge in [0.25, 0.3) is 5.91 Å². The fourth-order valence-corrected chi connectivity index (χ4v) is 2.76. The van der Waals surface area contributed by atoms with Crippen molar-refractivity contribution in [3.05, 3.63) is 69.6 Å². The van der Waals surface area contributed by atoms with Crippen molar-refractivity contribution in [3.8, 4) is 11.3 Å². The molecule has 0 bridgehead atoms. The van der Waals surface area contributed by atoms with E-state index in [9.17, 15) is 9.59 Å². The molecule has 0 saturated carbocycles. The van der Waals surface area contributed by atoms with Crippen LogP contribution in [0.3, 0.4) is 0 Å². The van der Waals surface area contributed by atoms with Gasteiger partial charge in [-0.15, -0.1) is 11.3 Å². The van der Waals surface area contributed by atoms with Crippen molar-refractivity contribution in [2.24, 2.45) is 0 Å². The van der Waals surface area contributed by atoms with Crippen LogP contribution in [0.1, 0.15) is 20.2 Å². The highest BCUT2D eigenvalue weighted by Gasteiger charge is 2.15. The molecule has 0 radical (unpaired) electrons. The van der Waals surface area contributed by atoms with E-state index in [2.05, 4.69) is 10.9 Å².